The minimum Gasteiger partial charge on any atom is -0.465 e. The Morgan fingerprint density at radius 3 is 2.31 bits per heavy atom. The van der Waals surface area contributed by atoms with E-state index < -0.39 is 5.97 Å². The van der Waals surface area contributed by atoms with Crippen LogP contribution in [0, 0.1) is 0 Å². The van der Waals surface area contributed by atoms with Gasteiger partial charge in [-0.25, -0.2) is 9.59 Å². The molecule has 0 bridgehead atoms. The van der Waals surface area contributed by atoms with Crippen molar-refractivity contribution < 1.29 is 14.3 Å². The molecule has 0 aromatic heterocycles. The van der Waals surface area contributed by atoms with Gasteiger partial charge in [-0.1, -0.05) is 23.7 Å². The minimum absolute atomic E-state index is 0.225. The number of halogens is 1. The molecule has 7 heteroatoms. The number of carbonyl (C=O) groups is 2. The van der Waals surface area contributed by atoms with Crippen molar-refractivity contribution in [2.45, 2.75) is 0 Å². The van der Waals surface area contributed by atoms with Crippen molar-refractivity contribution in [1.29, 1.82) is 0 Å². The predicted octanol–water partition coefficient (Wildman–Crippen LogP) is 3.48. The monoisotopic (exact) mass is 373 g/mol. The van der Waals surface area contributed by atoms with Crippen molar-refractivity contribution in [3.05, 3.63) is 59.1 Å². The van der Waals surface area contributed by atoms with Gasteiger partial charge >= 0.3 is 12.0 Å². The van der Waals surface area contributed by atoms with Gasteiger partial charge in [0.15, 0.2) is 0 Å². The van der Waals surface area contributed by atoms with Crippen LogP contribution in [0.15, 0.2) is 48.5 Å². The van der Waals surface area contributed by atoms with Crippen molar-refractivity contribution in [3.8, 4) is 0 Å². The van der Waals surface area contributed by atoms with Crippen LogP contribution in [-0.4, -0.2) is 50.2 Å². The molecule has 2 aromatic rings. The summed E-state index contributed by atoms with van der Waals surface area (Å²) in [5, 5.41) is 3.51. The van der Waals surface area contributed by atoms with Gasteiger partial charge in [-0.3, -0.25) is 0 Å². The molecule has 136 valence electrons. The maximum absolute atomic E-state index is 12.5. The highest BCUT2D eigenvalue weighted by Gasteiger charge is 2.22. The second-order valence-electron chi connectivity index (χ2n) is 5.92. The molecule has 1 fully saturated rings. The largest absolute Gasteiger partial charge is 0.465 e. The van der Waals surface area contributed by atoms with Gasteiger partial charge in [0.1, 0.15) is 0 Å². The maximum Gasteiger partial charge on any atom is 0.339 e. The van der Waals surface area contributed by atoms with Crippen LogP contribution in [0.4, 0.5) is 16.2 Å². The molecule has 3 rings (SSSR count). The van der Waals surface area contributed by atoms with Gasteiger partial charge in [0.05, 0.1) is 18.4 Å². The third-order valence-electron chi connectivity index (χ3n) is 4.33. The van der Waals surface area contributed by atoms with Crippen LogP contribution in [0.3, 0.4) is 0 Å². The summed E-state index contributed by atoms with van der Waals surface area (Å²) >= 11 is 5.93. The molecule has 0 spiro atoms. The number of esters is 1. The number of ether oxygens (including phenoxy) is 1. The molecule has 0 aliphatic carbocycles. The quantitative estimate of drug-likeness (QED) is 0.837. The number of piperazine rings is 1. The summed E-state index contributed by atoms with van der Waals surface area (Å²) in [4.78, 5) is 28.3. The van der Waals surface area contributed by atoms with Crippen molar-refractivity contribution in [3.63, 3.8) is 0 Å². The lowest BCUT2D eigenvalue weighted by Gasteiger charge is -2.36. The first-order valence-electron chi connectivity index (χ1n) is 8.32. The number of urea groups is 1. The van der Waals surface area contributed by atoms with E-state index in [1.807, 2.05) is 24.3 Å². The summed E-state index contributed by atoms with van der Waals surface area (Å²) in [5.41, 5.74) is 1.87. The van der Waals surface area contributed by atoms with Gasteiger partial charge in [0.25, 0.3) is 0 Å². The zero-order chi connectivity index (χ0) is 18.5. The maximum atomic E-state index is 12.5. The fraction of sp³-hybridized carbons (Fsp3) is 0.263. The molecule has 0 radical (unpaired) electrons. The number of rotatable bonds is 3. The number of methoxy groups -OCH3 is 1. The summed E-state index contributed by atoms with van der Waals surface area (Å²) in [5.74, 6) is -0.478. The molecule has 1 N–H and O–H groups in total. The van der Waals surface area contributed by atoms with Gasteiger partial charge in [-0.2, -0.15) is 0 Å². The van der Waals surface area contributed by atoms with Crippen molar-refractivity contribution in [2.75, 3.05) is 43.5 Å². The number of hydrogen-bond acceptors (Lipinski definition) is 4. The van der Waals surface area contributed by atoms with Gasteiger partial charge in [-0.05, 0) is 36.4 Å². The predicted molar refractivity (Wildman–Crippen MR) is 102 cm³/mol. The molecule has 1 aliphatic heterocycles. The van der Waals surface area contributed by atoms with Crippen molar-refractivity contribution in [1.82, 2.24) is 4.90 Å². The van der Waals surface area contributed by atoms with Gasteiger partial charge < -0.3 is 19.9 Å². The lowest BCUT2D eigenvalue weighted by molar-refractivity contribution is 0.0602. The molecule has 1 saturated heterocycles. The van der Waals surface area contributed by atoms with Gasteiger partial charge in [0, 0.05) is 36.9 Å². The van der Waals surface area contributed by atoms with Crippen LogP contribution in [0.25, 0.3) is 0 Å². The third kappa shape index (κ3) is 4.08. The molecular formula is C19H20ClN3O3. The topological polar surface area (TPSA) is 61.9 Å². The summed E-state index contributed by atoms with van der Waals surface area (Å²) in [6.07, 6.45) is 0. The van der Waals surface area contributed by atoms with E-state index in [1.54, 1.807) is 29.2 Å². The lowest BCUT2D eigenvalue weighted by atomic mass is 10.2. The normalized spacial score (nSPS) is 14.1. The van der Waals surface area contributed by atoms with Crippen LogP contribution >= 0.6 is 11.6 Å². The van der Waals surface area contributed by atoms with E-state index in [1.165, 1.54) is 7.11 Å². The van der Waals surface area contributed by atoms with Gasteiger partial charge in [0.2, 0.25) is 0 Å². The zero-order valence-corrected chi connectivity index (χ0v) is 15.2. The Morgan fingerprint density at radius 2 is 1.65 bits per heavy atom. The number of nitrogens with one attached hydrogen (secondary N) is 1. The average Bonchev–Trinajstić information content (AvgIpc) is 2.68. The second kappa shape index (κ2) is 8.10. The minimum atomic E-state index is -0.478. The van der Waals surface area contributed by atoms with E-state index >= 15 is 0 Å². The molecule has 26 heavy (non-hydrogen) atoms. The molecule has 0 saturated carbocycles. The number of nitrogens with zero attached hydrogens (tertiary/aromatic N) is 2. The Labute approximate surface area is 157 Å². The van der Waals surface area contributed by atoms with Crippen molar-refractivity contribution in [2.24, 2.45) is 0 Å². The Morgan fingerprint density at radius 1 is 1.00 bits per heavy atom. The Balaban J connectivity index is 1.61. The molecule has 6 nitrogen and oxygen atoms in total. The number of benzene rings is 2. The second-order valence-corrected chi connectivity index (χ2v) is 6.35. The highest BCUT2D eigenvalue weighted by Crippen LogP contribution is 2.20. The van der Waals surface area contributed by atoms with Crippen LogP contribution in [0.1, 0.15) is 10.4 Å². The summed E-state index contributed by atoms with van der Waals surface area (Å²) in [6.45, 7) is 2.64. The van der Waals surface area contributed by atoms with E-state index in [0.717, 1.165) is 18.8 Å². The number of amides is 2. The lowest BCUT2D eigenvalue weighted by Crippen LogP contribution is -2.50. The van der Waals surface area contributed by atoms with E-state index in [4.69, 9.17) is 16.3 Å². The number of carbonyl (C=O) groups excluding carboxylic acids is 2. The van der Waals surface area contributed by atoms with Crippen molar-refractivity contribution >= 4 is 35.0 Å². The summed E-state index contributed by atoms with van der Waals surface area (Å²) < 4.78 is 4.76. The highest BCUT2D eigenvalue weighted by molar-refractivity contribution is 6.30. The summed E-state index contributed by atoms with van der Waals surface area (Å²) in [6, 6.07) is 14.3. The number of hydrogen-bond donors (Lipinski definition) is 1. The molecule has 0 atom stereocenters. The summed E-state index contributed by atoms with van der Waals surface area (Å²) in [7, 11) is 1.32. The Kier molecular flexibility index (Phi) is 5.63. The number of para-hydroxylation sites is 1. The number of anilines is 2. The van der Waals surface area contributed by atoms with E-state index in [0.29, 0.717) is 29.4 Å². The molecule has 2 aromatic carbocycles. The zero-order valence-electron chi connectivity index (χ0n) is 14.4. The Hall–Kier alpha value is -2.73. The van der Waals surface area contributed by atoms with Crippen LogP contribution in [-0.2, 0) is 4.74 Å². The molecule has 0 unspecified atom stereocenters. The van der Waals surface area contributed by atoms with Crippen LogP contribution in [0.2, 0.25) is 5.02 Å². The highest BCUT2D eigenvalue weighted by atomic mass is 35.5. The molecule has 2 amide bonds. The molecule has 1 aliphatic rings. The van der Waals surface area contributed by atoms with Gasteiger partial charge in [-0.15, -0.1) is 0 Å². The fourth-order valence-corrected chi connectivity index (χ4v) is 3.02. The van der Waals surface area contributed by atoms with E-state index in [9.17, 15) is 9.59 Å². The molecule has 1 heterocycles. The first kappa shape index (κ1) is 18.1. The first-order chi connectivity index (χ1) is 12.6. The first-order valence-corrected chi connectivity index (χ1v) is 8.70. The SMILES string of the molecule is COC(=O)c1ccccc1NC(=O)N1CCN(c2ccc(Cl)cc2)CC1. The average molecular weight is 374 g/mol. The third-order valence-corrected chi connectivity index (χ3v) is 4.58. The molecular weight excluding hydrogens is 354 g/mol. The Bertz CT molecular complexity index is 787. The van der Waals surface area contributed by atoms with E-state index in [-0.39, 0.29) is 6.03 Å². The van der Waals surface area contributed by atoms with Crippen LogP contribution in [0.5, 0.6) is 0 Å². The smallest absolute Gasteiger partial charge is 0.339 e. The van der Waals surface area contributed by atoms with Crippen LogP contribution < -0.4 is 10.2 Å². The van der Waals surface area contributed by atoms with E-state index in [2.05, 4.69) is 10.2 Å². The standard InChI is InChI=1S/C19H20ClN3O3/c1-26-18(24)16-4-2-3-5-17(16)21-19(25)23-12-10-22(11-13-23)15-8-6-14(20)7-9-15/h2-9H,10-13H2,1H3,(H,21,25). The fourth-order valence-electron chi connectivity index (χ4n) is 2.89.